The number of hydrogen-bond donors (Lipinski definition) is 0. The van der Waals surface area contributed by atoms with E-state index in [1.54, 1.807) is 7.11 Å². The summed E-state index contributed by atoms with van der Waals surface area (Å²) in [6, 6.07) is 17.5. The maximum atomic E-state index is 12.8. The molecule has 7 heteroatoms. The van der Waals surface area contributed by atoms with Crippen LogP contribution in [-0.2, 0) is 20.9 Å². The second kappa shape index (κ2) is 11.2. The molecule has 0 saturated carbocycles. The molecule has 156 valence electrons. The predicted molar refractivity (Wildman–Crippen MR) is 114 cm³/mol. The van der Waals surface area contributed by atoms with Gasteiger partial charge in [0.2, 0.25) is 5.24 Å². The highest BCUT2D eigenvalue weighted by molar-refractivity contribution is 6.69. The average molecular weight is 438 g/mol. The molecule has 1 saturated heterocycles. The van der Waals surface area contributed by atoms with E-state index in [-0.39, 0.29) is 11.9 Å². The molecule has 3 rings (SSSR count). The summed E-state index contributed by atoms with van der Waals surface area (Å²) >= 11 is 9.97. The van der Waals surface area contributed by atoms with Crippen molar-refractivity contribution in [3.8, 4) is 5.75 Å². The van der Waals surface area contributed by atoms with E-state index in [1.807, 2.05) is 66.4 Å². The van der Waals surface area contributed by atoms with Crippen molar-refractivity contribution >= 4 is 34.4 Å². The first kappa shape index (κ1) is 23.2. The minimum Gasteiger partial charge on any atom is -0.497 e. The van der Waals surface area contributed by atoms with Gasteiger partial charge in [-0.25, -0.2) is 0 Å². The molecule has 1 aliphatic heterocycles. The van der Waals surface area contributed by atoms with Gasteiger partial charge in [0.1, 0.15) is 11.1 Å². The van der Waals surface area contributed by atoms with E-state index < -0.39 is 16.7 Å². The molecule has 5 nitrogen and oxygen atoms in total. The van der Waals surface area contributed by atoms with Crippen LogP contribution in [0.25, 0.3) is 0 Å². The number of carbonyl (C=O) groups excluding carboxylic acids is 2. The monoisotopic (exact) mass is 437 g/mol. The number of benzene rings is 2. The standard InChI is InChI=1S/C19H21NO3.C3H4Cl2O/c1-14-13-23-18(16-6-4-3-5-7-16)19(21)20(14)12-15-8-10-17(22-2)11-9-15;1-2(4)3(5)6/h3-11,14,18H,12-13H2,1-2H3;2H,1H3/t14-,18?;/m1./s1. The van der Waals surface area contributed by atoms with Gasteiger partial charge in [0, 0.05) is 6.54 Å². The fourth-order valence-electron chi connectivity index (χ4n) is 2.79. The van der Waals surface area contributed by atoms with E-state index in [0.717, 1.165) is 16.9 Å². The number of amides is 1. The molecule has 1 amide bonds. The van der Waals surface area contributed by atoms with Crippen LogP contribution in [0.2, 0.25) is 0 Å². The summed E-state index contributed by atoms with van der Waals surface area (Å²) in [6.45, 7) is 4.66. The number of carbonyl (C=O) groups is 2. The molecule has 0 N–H and O–H groups in total. The molecule has 1 heterocycles. The first-order valence-electron chi connectivity index (χ1n) is 9.26. The van der Waals surface area contributed by atoms with Crippen molar-refractivity contribution in [3.63, 3.8) is 0 Å². The third-order valence-corrected chi connectivity index (χ3v) is 5.11. The zero-order valence-corrected chi connectivity index (χ0v) is 18.2. The summed E-state index contributed by atoms with van der Waals surface area (Å²) in [7, 11) is 1.65. The van der Waals surface area contributed by atoms with Crippen molar-refractivity contribution in [1.29, 1.82) is 0 Å². The van der Waals surface area contributed by atoms with Crippen molar-refractivity contribution in [2.45, 2.75) is 37.9 Å². The number of halogens is 2. The van der Waals surface area contributed by atoms with E-state index in [2.05, 4.69) is 0 Å². The fourth-order valence-corrected chi connectivity index (χ4v) is 2.79. The second-order valence-corrected chi connectivity index (χ2v) is 7.73. The minimum atomic E-state index is -0.549. The maximum Gasteiger partial charge on any atom is 0.256 e. The van der Waals surface area contributed by atoms with Crippen LogP contribution >= 0.6 is 23.2 Å². The quantitative estimate of drug-likeness (QED) is 0.507. The molecular weight excluding hydrogens is 413 g/mol. The Morgan fingerprint density at radius 1 is 1.21 bits per heavy atom. The van der Waals surface area contributed by atoms with Crippen molar-refractivity contribution in [1.82, 2.24) is 4.90 Å². The Morgan fingerprint density at radius 2 is 1.79 bits per heavy atom. The molecular formula is C22H25Cl2NO4. The molecule has 3 atom stereocenters. The number of hydrogen-bond acceptors (Lipinski definition) is 4. The summed E-state index contributed by atoms with van der Waals surface area (Å²) in [5, 5.41) is -1.05. The maximum absolute atomic E-state index is 12.8. The molecule has 2 aromatic rings. The smallest absolute Gasteiger partial charge is 0.256 e. The number of ether oxygens (including phenoxy) is 2. The lowest BCUT2D eigenvalue weighted by atomic mass is 10.0. The lowest BCUT2D eigenvalue weighted by Gasteiger charge is -2.37. The highest BCUT2D eigenvalue weighted by atomic mass is 35.5. The Balaban J connectivity index is 0.000000438. The number of nitrogens with zero attached hydrogens (tertiary/aromatic N) is 1. The van der Waals surface area contributed by atoms with Crippen LogP contribution in [0.1, 0.15) is 31.1 Å². The molecule has 2 unspecified atom stereocenters. The lowest BCUT2D eigenvalue weighted by Crippen LogP contribution is -2.48. The largest absolute Gasteiger partial charge is 0.497 e. The van der Waals surface area contributed by atoms with Crippen LogP contribution in [0.5, 0.6) is 5.75 Å². The van der Waals surface area contributed by atoms with E-state index >= 15 is 0 Å². The summed E-state index contributed by atoms with van der Waals surface area (Å²) in [4.78, 5) is 24.5. The van der Waals surface area contributed by atoms with Gasteiger partial charge in [-0.15, -0.1) is 11.6 Å². The summed E-state index contributed by atoms with van der Waals surface area (Å²) in [5.41, 5.74) is 1.99. The van der Waals surface area contributed by atoms with Crippen molar-refractivity contribution in [2.24, 2.45) is 0 Å². The Bertz CT molecular complexity index is 796. The molecule has 1 aliphatic rings. The summed E-state index contributed by atoms with van der Waals surface area (Å²) in [6.07, 6.45) is -0.509. The normalized spacial score (nSPS) is 19.8. The van der Waals surface area contributed by atoms with E-state index in [1.165, 1.54) is 6.92 Å². The predicted octanol–water partition coefficient (Wildman–Crippen LogP) is 4.56. The zero-order chi connectivity index (χ0) is 21.4. The van der Waals surface area contributed by atoms with Crippen LogP contribution in [0.3, 0.4) is 0 Å². The molecule has 2 aromatic carbocycles. The van der Waals surface area contributed by atoms with Gasteiger partial charge in [-0.2, -0.15) is 0 Å². The number of rotatable bonds is 5. The SMILES string of the molecule is CC(Cl)C(=O)Cl.COc1ccc(CN2C(=O)C(c3ccccc3)OC[C@H]2C)cc1. The Hall–Kier alpha value is -2.08. The third-order valence-electron chi connectivity index (χ3n) is 4.47. The highest BCUT2D eigenvalue weighted by Crippen LogP contribution is 2.27. The van der Waals surface area contributed by atoms with Gasteiger partial charge in [-0.1, -0.05) is 42.5 Å². The molecule has 29 heavy (non-hydrogen) atoms. The first-order valence-corrected chi connectivity index (χ1v) is 10.1. The van der Waals surface area contributed by atoms with E-state index in [0.29, 0.717) is 13.2 Å². The van der Waals surface area contributed by atoms with Crippen LogP contribution in [-0.4, -0.2) is 41.2 Å². The van der Waals surface area contributed by atoms with E-state index in [9.17, 15) is 9.59 Å². The van der Waals surface area contributed by atoms with Gasteiger partial charge in [0.25, 0.3) is 5.91 Å². The van der Waals surface area contributed by atoms with Crippen LogP contribution in [0.15, 0.2) is 54.6 Å². The van der Waals surface area contributed by atoms with Gasteiger partial charge in [0.15, 0.2) is 6.10 Å². The van der Waals surface area contributed by atoms with Crippen molar-refractivity contribution in [3.05, 3.63) is 65.7 Å². The van der Waals surface area contributed by atoms with Gasteiger partial charge in [0.05, 0.1) is 19.8 Å². The number of morpholine rings is 1. The zero-order valence-electron chi connectivity index (χ0n) is 16.7. The molecule has 1 fully saturated rings. The Kier molecular flexibility index (Phi) is 8.96. The van der Waals surface area contributed by atoms with Crippen LogP contribution in [0.4, 0.5) is 0 Å². The summed E-state index contributed by atoms with van der Waals surface area (Å²) in [5.74, 6) is 0.836. The molecule has 0 aliphatic carbocycles. The van der Waals surface area contributed by atoms with E-state index in [4.69, 9.17) is 32.7 Å². The molecule has 0 aromatic heterocycles. The topological polar surface area (TPSA) is 55.8 Å². The van der Waals surface area contributed by atoms with Crippen LogP contribution < -0.4 is 4.74 Å². The van der Waals surface area contributed by atoms with Gasteiger partial charge in [-0.05, 0) is 48.7 Å². The molecule has 0 radical (unpaired) electrons. The summed E-state index contributed by atoms with van der Waals surface area (Å²) < 4.78 is 11.0. The minimum absolute atomic E-state index is 0.0192. The average Bonchev–Trinajstić information content (AvgIpc) is 2.72. The van der Waals surface area contributed by atoms with Crippen molar-refractivity contribution < 1.29 is 19.1 Å². The number of alkyl halides is 1. The Labute approximate surface area is 181 Å². The molecule has 0 spiro atoms. The van der Waals surface area contributed by atoms with Gasteiger partial charge >= 0.3 is 0 Å². The third kappa shape index (κ3) is 6.74. The highest BCUT2D eigenvalue weighted by Gasteiger charge is 2.34. The van der Waals surface area contributed by atoms with Crippen LogP contribution in [0, 0.1) is 0 Å². The molecule has 0 bridgehead atoms. The number of methoxy groups -OCH3 is 1. The second-order valence-electron chi connectivity index (χ2n) is 6.71. The lowest BCUT2D eigenvalue weighted by molar-refractivity contribution is -0.160. The Morgan fingerprint density at radius 3 is 2.31 bits per heavy atom. The first-order chi connectivity index (χ1) is 13.8. The van der Waals surface area contributed by atoms with Gasteiger partial charge in [-0.3, -0.25) is 9.59 Å². The van der Waals surface area contributed by atoms with Crippen molar-refractivity contribution in [2.75, 3.05) is 13.7 Å². The van der Waals surface area contributed by atoms with Gasteiger partial charge < -0.3 is 14.4 Å². The fraction of sp³-hybridized carbons (Fsp3) is 0.364.